The smallest absolute Gasteiger partial charge is 0.306 e. The molecule has 0 unspecified atom stereocenters. The van der Waals surface area contributed by atoms with Crippen LogP contribution in [0.3, 0.4) is 0 Å². The van der Waals surface area contributed by atoms with Gasteiger partial charge in [-0.25, -0.2) is 0 Å². The van der Waals surface area contributed by atoms with Crippen molar-refractivity contribution in [3.8, 4) is 0 Å². The van der Waals surface area contributed by atoms with Crippen LogP contribution < -0.4 is 0 Å². The summed E-state index contributed by atoms with van der Waals surface area (Å²) in [6.07, 6.45) is 9.18. The third-order valence-electron chi connectivity index (χ3n) is 1.99. The summed E-state index contributed by atoms with van der Waals surface area (Å²) >= 11 is 0. The highest BCUT2D eigenvalue weighted by atomic mass is 16.5. The average Bonchev–Trinajstić information content (AvgIpc) is 2.45. The van der Waals surface area contributed by atoms with Crippen molar-refractivity contribution in [2.45, 2.75) is 45.1 Å². The Bertz CT molecular complexity index is 173. The molecule has 12 heavy (non-hydrogen) atoms. The van der Waals surface area contributed by atoms with E-state index in [1.54, 1.807) is 0 Å². The largest absolute Gasteiger partial charge is 0.458 e. The maximum atomic E-state index is 10.7. The highest BCUT2D eigenvalue weighted by Crippen LogP contribution is 2.14. The lowest BCUT2D eigenvalue weighted by Gasteiger charge is -2.00. The van der Waals surface area contributed by atoms with E-state index in [4.69, 9.17) is 4.74 Å². The van der Waals surface area contributed by atoms with Gasteiger partial charge < -0.3 is 4.74 Å². The van der Waals surface area contributed by atoms with Crippen LogP contribution >= 0.6 is 0 Å². The summed E-state index contributed by atoms with van der Waals surface area (Å²) < 4.78 is 5.02. The molecule has 2 heteroatoms. The zero-order valence-electron chi connectivity index (χ0n) is 7.58. The molecule has 0 spiro atoms. The maximum Gasteiger partial charge on any atom is 0.306 e. The van der Waals surface area contributed by atoms with E-state index in [-0.39, 0.29) is 12.1 Å². The molecule has 0 N–H and O–H groups in total. The summed E-state index contributed by atoms with van der Waals surface area (Å²) in [5, 5.41) is 0. The van der Waals surface area contributed by atoms with Crippen molar-refractivity contribution >= 4 is 5.97 Å². The molecule has 1 aliphatic rings. The van der Waals surface area contributed by atoms with Gasteiger partial charge >= 0.3 is 5.97 Å². The Morgan fingerprint density at radius 3 is 3.08 bits per heavy atom. The second kappa shape index (κ2) is 4.96. The highest BCUT2D eigenvalue weighted by molar-refractivity contribution is 5.71. The van der Waals surface area contributed by atoms with Crippen LogP contribution in [0.4, 0.5) is 0 Å². The molecule has 0 saturated carbocycles. The van der Waals surface area contributed by atoms with E-state index in [0.29, 0.717) is 6.42 Å². The normalized spacial score (nSPS) is 23.4. The molecule has 2 nitrogen and oxygen atoms in total. The summed E-state index contributed by atoms with van der Waals surface area (Å²) in [6, 6.07) is 0. The number of unbranched alkanes of at least 4 members (excludes halogenated alkanes) is 2. The van der Waals surface area contributed by atoms with Crippen molar-refractivity contribution in [3.63, 3.8) is 0 Å². The van der Waals surface area contributed by atoms with Crippen LogP contribution in [0.25, 0.3) is 0 Å². The number of esters is 1. The van der Waals surface area contributed by atoms with Crippen molar-refractivity contribution < 1.29 is 9.53 Å². The van der Waals surface area contributed by atoms with Gasteiger partial charge in [0.15, 0.2) is 0 Å². The molecule has 0 aliphatic carbocycles. The lowest BCUT2D eigenvalue weighted by molar-refractivity contribution is -0.139. The van der Waals surface area contributed by atoms with Gasteiger partial charge in [0, 0.05) is 6.42 Å². The minimum Gasteiger partial charge on any atom is -0.458 e. The molecule has 1 saturated heterocycles. The van der Waals surface area contributed by atoms with E-state index in [2.05, 4.69) is 13.0 Å². The zero-order chi connectivity index (χ0) is 8.81. The fourth-order valence-electron chi connectivity index (χ4n) is 1.25. The molecule has 1 atom stereocenters. The van der Waals surface area contributed by atoms with E-state index < -0.39 is 0 Å². The van der Waals surface area contributed by atoms with Crippen molar-refractivity contribution in [2.24, 2.45) is 0 Å². The highest BCUT2D eigenvalue weighted by Gasteiger charge is 2.19. The lowest BCUT2D eigenvalue weighted by Crippen LogP contribution is -2.01. The van der Waals surface area contributed by atoms with Gasteiger partial charge in [-0.15, -0.1) is 0 Å². The molecule has 0 aromatic heterocycles. The Morgan fingerprint density at radius 2 is 2.50 bits per heavy atom. The second-order valence-electron chi connectivity index (χ2n) is 3.14. The predicted molar refractivity (Wildman–Crippen MR) is 47.8 cm³/mol. The first-order valence-electron chi connectivity index (χ1n) is 4.69. The number of hydrogen-bond donors (Lipinski definition) is 0. The molecular weight excluding hydrogens is 152 g/mol. The minimum absolute atomic E-state index is 0.0554. The summed E-state index contributed by atoms with van der Waals surface area (Å²) in [7, 11) is 0. The Kier molecular flexibility index (Phi) is 3.85. The molecule has 68 valence electrons. The van der Waals surface area contributed by atoms with Gasteiger partial charge in [-0.2, -0.15) is 0 Å². The minimum atomic E-state index is -0.0554. The van der Waals surface area contributed by atoms with Crippen molar-refractivity contribution in [2.75, 3.05) is 0 Å². The number of ether oxygens (including phenoxy) is 1. The van der Waals surface area contributed by atoms with E-state index in [9.17, 15) is 4.79 Å². The molecule has 1 rings (SSSR count). The van der Waals surface area contributed by atoms with Crippen molar-refractivity contribution in [1.82, 2.24) is 0 Å². The quantitative estimate of drug-likeness (QED) is 0.366. The van der Waals surface area contributed by atoms with E-state index >= 15 is 0 Å². The average molecular weight is 168 g/mol. The van der Waals surface area contributed by atoms with Gasteiger partial charge in [0.25, 0.3) is 0 Å². The van der Waals surface area contributed by atoms with Gasteiger partial charge in [0.2, 0.25) is 0 Å². The summed E-state index contributed by atoms with van der Waals surface area (Å²) in [5.74, 6) is -0.0554. The van der Waals surface area contributed by atoms with E-state index in [1.165, 1.54) is 12.8 Å². The molecule has 0 aromatic rings. The fourth-order valence-corrected chi connectivity index (χ4v) is 1.25. The van der Waals surface area contributed by atoms with Crippen molar-refractivity contribution in [1.29, 1.82) is 0 Å². The number of rotatable bonds is 4. The van der Waals surface area contributed by atoms with Crippen LogP contribution in [-0.4, -0.2) is 12.1 Å². The third kappa shape index (κ3) is 3.07. The molecule has 0 bridgehead atoms. The molecule has 0 amide bonds. The fraction of sp³-hybridized carbons (Fsp3) is 0.700. The molecule has 1 heterocycles. The van der Waals surface area contributed by atoms with Gasteiger partial charge in [-0.05, 0) is 18.9 Å². The Hall–Kier alpha value is -0.790. The standard InChI is InChI=1S/C10H16O2/c1-2-3-4-5-6-9-7-8-10(11)12-9/h5-6,9H,2-4,7-8H2,1H3/b6-5+/t9-/m1/s1. The van der Waals surface area contributed by atoms with Crippen LogP contribution in [0.5, 0.6) is 0 Å². The lowest BCUT2D eigenvalue weighted by atomic mass is 10.2. The van der Waals surface area contributed by atoms with Crippen molar-refractivity contribution in [3.05, 3.63) is 12.2 Å². The number of carbonyl (C=O) groups is 1. The summed E-state index contributed by atoms with van der Waals surface area (Å²) in [5.41, 5.74) is 0. The SMILES string of the molecule is CCCC/C=C/[C@@H]1CCC(=O)O1. The maximum absolute atomic E-state index is 10.7. The first kappa shape index (κ1) is 9.30. The van der Waals surface area contributed by atoms with Gasteiger partial charge in [-0.3, -0.25) is 4.79 Å². The van der Waals surface area contributed by atoms with Gasteiger partial charge in [-0.1, -0.05) is 25.8 Å². The topological polar surface area (TPSA) is 26.3 Å². The van der Waals surface area contributed by atoms with Crippen LogP contribution in [-0.2, 0) is 9.53 Å². The van der Waals surface area contributed by atoms with Crippen LogP contribution in [0, 0.1) is 0 Å². The first-order chi connectivity index (χ1) is 5.83. The number of hydrogen-bond acceptors (Lipinski definition) is 2. The number of allylic oxidation sites excluding steroid dienone is 1. The number of cyclic esters (lactones) is 1. The molecule has 1 aliphatic heterocycles. The van der Waals surface area contributed by atoms with E-state index in [1.807, 2.05) is 6.08 Å². The number of carbonyl (C=O) groups excluding carboxylic acids is 1. The Balaban J connectivity index is 2.14. The Labute approximate surface area is 73.6 Å². The first-order valence-corrected chi connectivity index (χ1v) is 4.69. The molecule has 0 radical (unpaired) electrons. The van der Waals surface area contributed by atoms with Crippen LogP contribution in [0.2, 0.25) is 0 Å². The molecule has 0 aromatic carbocycles. The van der Waals surface area contributed by atoms with Gasteiger partial charge in [0.05, 0.1) is 0 Å². The van der Waals surface area contributed by atoms with Crippen LogP contribution in [0.15, 0.2) is 12.2 Å². The van der Waals surface area contributed by atoms with Crippen LogP contribution in [0.1, 0.15) is 39.0 Å². The Morgan fingerprint density at radius 1 is 1.67 bits per heavy atom. The molecule has 1 fully saturated rings. The van der Waals surface area contributed by atoms with E-state index in [0.717, 1.165) is 12.8 Å². The molecular formula is C10H16O2. The second-order valence-corrected chi connectivity index (χ2v) is 3.14. The summed E-state index contributed by atoms with van der Waals surface area (Å²) in [4.78, 5) is 10.7. The van der Waals surface area contributed by atoms with Gasteiger partial charge in [0.1, 0.15) is 6.10 Å². The predicted octanol–water partition coefficient (Wildman–Crippen LogP) is 2.44. The summed E-state index contributed by atoms with van der Waals surface area (Å²) in [6.45, 7) is 2.17. The third-order valence-corrected chi connectivity index (χ3v) is 1.99. The zero-order valence-corrected chi connectivity index (χ0v) is 7.58. The monoisotopic (exact) mass is 168 g/mol.